The molecule has 0 atom stereocenters. The van der Waals surface area contributed by atoms with E-state index in [1.807, 2.05) is 49.5 Å². The van der Waals surface area contributed by atoms with Crippen molar-refractivity contribution in [2.75, 3.05) is 28.7 Å². The second kappa shape index (κ2) is 11.8. The highest BCUT2D eigenvalue weighted by molar-refractivity contribution is 5.93. The highest BCUT2D eigenvalue weighted by Crippen LogP contribution is 2.30. The number of rotatable bonds is 8. The van der Waals surface area contributed by atoms with Crippen LogP contribution in [0, 0.1) is 11.3 Å². The van der Waals surface area contributed by atoms with Crippen molar-refractivity contribution in [3.05, 3.63) is 66.0 Å². The van der Waals surface area contributed by atoms with Crippen molar-refractivity contribution in [2.45, 2.75) is 50.4 Å². The van der Waals surface area contributed by atoms with Crippen molar-refractivity contribution in [2.24, 2.45) is 7.05 Å². The number of hydrogen-bond acceptors (Lipinski definition) is 9. The fourth-order valence-electron chi connectivity index (χ4n) is 5.30. The van der Waals surface area contributed by atoms with Gasteiger partial charge in [0.15, 0.2) is 0 Å². The van der Waals surface area contributed by atoms with E-state index in [2.05, 4.69) is 37.1 Å². The molecule has 0 bridgehead atoms. The monoisotopic (exact) mass is 552 g/mol. The van der Waals surface area contributed by atoms with Gasteiger partial charge in [-0.25, -0.2) is 14.8 Å². The summed E-state index contributed by atoms with van der Waals surface area (Å²) in [5, 5.41) is 23.5. The van der Waals surface area contributed by atoms with E-state index in [4.69, 9.17) is 9.72 Å². The maximum Gasteiger partial charge on any atom is 0.323 e. The minimum Gasteiger partial charge on any atom is -0.377 e. The van der Waals surface area contributed by atoms with Gasteiger partial charge in [0.05, 0.1) is 37.2 Å². The predicted molar refractivity (Wildman–Crippen MR) is 154 cm³/mol. The SMILES string of the molecule is Cn1ncc2nc(N(C(=O)NCc3ccccc3)C3CCC(Nc4ncc(C#N)c(NC5COC5)n4)CC3)ccc21. The maximum absolute atomic E-state index is 13.6. The Bertz CT molecular complexity index is 1560. The first-order chi connectivity index (χ1) is 20.1. The van der Waals surface area contributed by atoms with Crippen LogP contribution >= 0.6 is 0 Å². The zero-order valence-corrected chi connectivity index (χ0v) is 22.8. The summed E-state index contributed by atoms with van der Waals surface area (Å²) in [4.78, 5) is 29.2. The number of hydrogen-bond donors (Lipinski definition) is 3. The lowest BCUT2D eigenvalue weighted by molar-refractivity contribution is 0.0209. The van der Waals surface area contributed by atoms with Crippen LogP contribution < -0.4 is 20.9 Å². The van der Waals surface area contributed by atoms with E-state index in [1.54, 1.807) is 22.0 Å². The number of amides is 2. The molecule has 1 aliphatic heterocycles. The Hall–Kier alpha value is -4.76. The molecule has 0 spiro atoms. The number of aromatic nitrogens is 5. The van der Waals surface area contributed by atoms with Crippen molar-refractivity contribution in [3.63, 3.8) is 0 Å². The van der Waals surface area contributed by atoms with Gasteiger partial charge in [-0.05, 0) is 43.4 Å². The highest BCUT2D eigenvalue weighted by atomic mass is 16.5. The molecule has 1 aromatic carbocycles. The number of urea groups is 1. The Morgan fingerprint density at radius 3 is 2.59 bits per heavy atom. The number of carbonyl (C=O) groups excluding carboxylic acids is 1. The molecule has 41 heavy (non-hydrogen) atoms. The molecule has 210 valence electrons. The standard InChI is InChI=1S/C29H32N10O2/c1-38-25-11-12-26(36-24(25)16-33-38)39(29(40)32-14-19-5-3-2-4-6-19)23-9-7-21(8-10-23)35-28-31-15-20(13-30)27(37-28)34-22-17-41-18-22/h2-6,11-12,15-16,21-23H,7-10,14,17-18H2,1H3,(H,32,40)(H2,31,34,35,37). The largest absolute Gasteiger partial charge is 0.377 e. The summed E-state index contributed by atoms with van der Waals surface area (Å²) in [6.45, 7) is 1.63. The molecule has 3 N–H and O–H groups in total. The molecule has 3 aromatic heterocycles. The van der Waals surface area contributed by atoms with Crippen molar-refractivity contribution < 1.29 is 9.53 Å². The van der Waals surface area contributed by atoms with E-state index in [1.165, 1.54) is 0 Å². The van der Waals surface area contributed by atoms with Crippen LogP contribution in [-0.2, 0) is 18.3 Å². The lowest BCUT2D eigenvalue weighted by Gasteiger charge is -2.36. The second-order valence-electron chi connectivity index (χ2n) is 10.5. The molecule has 1 saturated heterocycles. The number of aryl methyl sites for hydroxylation is 1. The fourth-order valence-corrected chi connectivity index (χ4v) is 5.30. The zero-order valence-electron chi connectivity index (χ0n) is 22.8. The molecule has 12 nitrogen and oxygen atoms in total. The minimum atomic E-state index is -0.174. The minimum absolute atomic E-state index is 0.0248. The number of nitrogens with zero attached hydrogens (tertiary/aromatic N) is 7. The van der Waals surface area contributed by atoms with Crippen LogP contribution in [0.5, 0.6) is 0 Å². The van der Waals surface area contributed by atoms with E-state index in [9.17, 15) is 10.1 Å². The molecule has 4 aromatic rings. The summed E-state index contributed by atoms with van der Waals surface area (Å²) in [5.41, 5.74) is 3.09. The molecule has 2 fully saturated rings. The molecular weight excluding hydrogens is 520 g/mol. The van der Waals surface area contributed by atoms with Gasteiger partial charge in [0.2, 0.25) is 5.95 Å². The Kier molecular flexibility index (Phi) is 7.60. The maximum atomic E-state index is 13.6. The van der Waals surface area contributed by atoms with Crippen molar-refractivity contribution in [3.8, 4) is 6.07 Å². The smallest absolute Gasteiger partial charge is 0.323 e. The van der Waals surface area contributed by atoms with Crippen molar-refractivity contribution in [1.82, 2.24) is 30.0 Å². The number of anilines is 3. The van der Waals surface area contributed by atoms with Crippen molar-refractivity contribution in [1.29, 1.82) is 5.26 Å². The van der Waals surface area contributed by atoms with Crippen LogP contribution in [0.15, 0.2) is 54.9 Å². The van der Waals surface area contributed by atoms with Crippen LogP contribution in [0.25, 0.3) is 11.0 Å². The van der Waals surface area contributed by atoms with Gasteiger partial charge >= 0.3 is 6.03 Å². The zero-order chi connectivity index (χ0) is 28.2. The number of ether oxygens (including phenoxy) is 1. The normalized spacial score (nSPS) is 18.7. The van der Waals surface area contributed by atoms with Gasteiger partial charge < -0.3 is 20.7 Å². The topological polar surface area (TPSA) is 146 Å². The number of nitriles is 1. The third kappa shape index (κ3) is 5.90. The first kappa shape index (κ1) is 26.5. The number of nitrogens with one attached hydrogen (secondary N) is 3. The van der Waals surface area contributed by atoms with Gasteiger partial charge in [-0.3, -0.25) is 9.58 Å². The van der Waals surface area contributed by atoms with Gasteiger partial charge in [-0.2, -0.15) is 15.3 Å². The first-order valence-corrected chi connectivity index (χ1v) is 13.8. The Labute approximate surface area is 237 Å². The number of fused-ring (bicyclic) bond motifs is 1. The molecule has 6 rings (SSSR count). The molecule has 12 heteroatoms. The van der Waals surface area contributed by atoms with E-state index >= 15 is 0 Å². The van der Waals surface area contributed by atoms with Gasteiger partial charge in [-0.1, -0.05) is 30.3 Å². The van der Waals surface area contributed by atoms with Gasteiger partial charge in [-0.15, -0.1) is 0 Å². The quantitative estimate of drug-likeness (QED) is 0.298. The fraction of sp³-hybridized carbons (Fsp3) is 0.379. The summed E-state index contributed by atoms with van der Waals surface area (Å²) in [7, 11) is 1.88. The van der Waals surface area contributed by atoms with Crippen LogP contribution in [0.4, 0.5) is 22.4 Å². The van der Waals surface area contributed by atoms with E-state index in [0.29, 0.717) is 42.9 Å². The van der Waals surface area contributed by atoms with Gasteiger partial charge in [0.1, 0.15) is 28.8 Å². The average molecular weight is 553 g/mol. The molecule has 1 aliphatic carbocycles. The summed E-state index contributed by atoms with van der Waals surface area (Å²) in [6.07, 6.45) is 6.48. The van der Waals surface area contributed by atoms with Crippen LogP contribution in [-0.4, -0.2) is 62.1 Å². The molecule has 4 heterocycles. The molecular formula is C29H32N10O2. The van der Waals surface area contributed by atoms with E-state index in [0.717, 1.165) is 42.3 Å². The number of carbonyl (C=O) groups is 1. The molecule has 2 aliphatic rings. The molecule has 1 saturated carbocycles. The lowest BCUT2D eigenvalue weighted by atomic mass is 9.90. The lowest BCUT2D eigenvalue weighted by Crippen LogP contribution is -2.49. The molecule has 0 unspecified atom stereocenters. The highest BCUT2D eigenvalue weighted by Gasteiger charge is 2.31. The van der Waals surface area contributed by atoms with Gasteiger partial charge in [0, 0.05) is 25.7 Å². The van der Waals surface area contributed by atoms with Crippen molar-refractivity contribution >= 4 is 34.6 Å². The Balaban J connectivity index is 1.15. The predicted octanol–water partition coefficient (Wildman–Crippen LogP) is 3.58. The van der Waals surface area contributed by atoms with Crippen LogP contribution in [0.1, 0.15) is 36.8 Å². The Morgan fingerprint density at radius 1 is 1.05 bits per heavy atom. The van der Waals surface area contributed by atoms with E-state index in [-0.39, 0.29) is 24.2 Å². The summed E-state index contributed by atoms with van der Waals surface area (Å²) in [5.74, 6) is 1.61. The Morgan fingerprint density at radius 2 is 1.85 bits per heavy atom. The second-order valence-corrected chi connectivity index (χ2v) is 10.5. The first-order valence-electron chi connectivity index (χ1n) is 13.8. The van der Waals surface area contributed by atoms with E-state index < -0.39 is 0 Å². The van der Waals surface area contributed by atoms with Gasteiger partial charge in [0.25, 0.3) is 0 Å². The number of pyridine rings is 1. The average Bonchev–Trinajstić information content (AvgIpc) is 3.35. The number of benzene rings is 1. The summed E-state index contributed by atoms with van der Waals surface area (Å²) < 4.78 is 7.00. The summed E-state index contributed by atoms with van der Waals surface area (Å²) >= 11 is 0. The third-order valence-corrected chi connectivity index (χ3v) is 7.62. The third-order valence-electron chi connectivity index (χ3n) is 7.62. The molecule has 2 amide bonds. The van der Waals surface area contributed by atoms with Crippen LogP contribution in [0.2, 0.25) is 0 Å². The molecule has 0 radical (unpaired) electrons. The summed E-state index contributed by atoms with van der Waals surface area (Å²) in [6, 6.07) is 16.0. The van der Waals surface area contributed by atoms with Crippen LogP contribution in [0.3, 0.4) is 0 Å².